The fraction of sp³-hybridized carbons (Fsp3) is 0.500. The van der Waals surface area contributed by atoms with Gasteiger partial charge in [0.05, 0.1) is 0 Å². The third-order valence-corrected chi connectivity index (χ3v) is 3.53. The summed E-state index contributed by atoms with van der Waals surface area (Å²) in [6.07, 6.45) is 3.84. The third-order valence-electron chi connectivity index (χ3n) is 3.53. The van der Waals surface area contributed by atoms with E-state index in [0.717, 1.165) is 25.7 Å². The van der Waals surface area contributed by atoms with Gasteiger partial charge in [-0.15, -0.1) is 0 Å². The summed E-state index contributed by atoms with van der Waals surface area (Å²) in [5, 5.41) is 5.28. The maximum absolute atomic E-state index is 13.8. The summed E-state index contributed by atoms with van der Waals surface area (Å²) >= 11 is 0. The largest absolute Gasteiger partial charge is 0.335 e. The molecule has 2 aliphatic carbocycles. The lowest BCUT2D eigenvalue weighted by Gasteiger charge is -2.09. The van der Waals surface area contributed by atoms with Gasteiger partial charge in [0.15, 0.2) is 0 Å². The van der Waals surface area contributed by atoms with Gasteiger partial charge in [-0.3, -0.25) is 0 Å². The molecule has 0 radical (unpaired) electrons. The van der Waals surface area contributed by atoms with E-state index in [1.807, 2.05) is 0 Å². The van der Waals surface area contributed by atoms with Gasteiger partial charge in [-0.2, -0.15) is 0 Å². The number of urea groups is 1. The van der Waals surface area contributed by atoms with Crippen molar-refractivity contribution >= 4 is 6.03 Å². The minimum Gasteiger partial charge on any atom is -0.335 e. The highest BCUT2D eigenvalue weighted by molar-refractivity contribution is 5.74. The number of hydrogen-bond acceptors (Lipinski definition) is 1. The van der Waals surface area contributed by atoms with Gasteiger partial charge < -0.3 is 10.6 Å². The summed E-state index contributed by atoms with van der Waals surface area (Å²) in [7, 11) is 0. The number of halogens is 2. The van der Waals surface area contributed by atoms with Crippen LogP contribution >= 0.6 is 0 Å². The molecule has 1 aromatic rings. The molecule has 2 N–H and O–H groups in total. The molecule has 0 unspecified atom stereocenters. The Hall–Kier alpha value is -1.65. The summed E-state index contributed by atoms with van der Waals surface area (Å²) in [6, 6.07) is 2.39. The normalized spacial score (nSPS) is 18.2. The Bertz CT molecular complexity index is 510. The van der Waals surface area contributed by atoms with Gasteiger partial charge in [-0.1, -0.05) is 0 Å². The zero-order chi connectivity index (χ0) is 13.4. The van der Waals surface area contributed by atoms with Crippen LogP contribution in [0, 0.1) is 11.6 Å². The minimum absolute atomic E-state index is 0.00620. The molecule has 2 amide bonds. The Kier molecular flexibility index (Phi) is 3.12. The van der Waals surface area contributed by atoms with Crippen molar-refractivity contribution in [1.82, 2.24) is 10.6 Å². The molecule has 5 heteroatoms. The molecule has 1 aromatic carbocycles. The number of rotatable bonds is 4. The summed E-state index contributed by atoms with van der Waals surface area (Å²) in [5.41, 5.74) is 0.650. The van der Waals surface area contributed by atoms with Crippen molar-refractivity contribution in [2.24, 2.45) is 0 Å². The van der Waals surface area contributed by atoms with Crippen LogP contribution in [-0.2, 0) is 6.54 Å². The zero-order valence-electron chi connectivity index (χ0n) is 10.5. The average Bonchev–Trinajstić information content (AvgIpc) is 3.22. The molecule has 19 heavy (non-hydrogen) atoms. The Labute approximate surface area is 110 Å². The Balaban J connectivity index is 1.63. The monoisotopic (exact) mass is 266 g/mol. The first-order chi connectivity index (χ1) is 9.13. The first-order valence-corrected chi connectivity index (χ1v) is 6.65. The number of amides is 2. The molecule has 0 aromatic heterocycles. The molecule has 2 aliphatic rings. The molecule has 102 valence electrons. The number of carbonyl (C=O) groups excluding carboxylic acids is 1. The van der Waals surface area contributed by atoms with Crippen LogP contribution < -0.4 is 10.6 Å². The van der Waals surface area contributed by atoms with Crippen LogP contribution in [0.5, 0.6) is 0 Å². The second-order valence-electron chi connectivity index (χ2n) is 5.34. The van der Waals surface area contributed by atoms with E-state index in [9.17, 15) is 13.6 Å². The molecule has 3 nitrogen and oxygen atoms in total. The van der Waals surface area contributed by atoms with Gasteiger partial charge in [-0.25, -0.2) is 13.6 Å². The van der Waals surface area contributed by atoms with E-state index in [1.165, 1.54) is 12.1 Å². The molecule has 3 rings (SSSR count). The topological polar surface area (TPSA) is 41.1 Å². The number of nitrogens with one attached hydrogen (secondary N) is 2. The van der Waals surface area contributed by atoms with Crippen LogP contribution in [-0.4, -0.2) is 12.1 Å². The fourth-order valence-electron chi connectivity index (χ4n) is 2.09. The van der Waals surface area contributed by atoms with Crippen molar-refractivity contribution in [3.8, 4) is 0 Å². The second kappa shape index (κ2) is 4.79. The van der Waals surface area contributed by atoms with Crippen molar-refractivity contribution in [3.63, 3.8) is 0 Å². The molecule has 0 saturated heterocycles. The van der Waals surface area contributed by atoms with Gasteiger partial charge in [0.25, 0.3) is 0 Å². The molecule has 2 saturated carbocycles. The van der Waals surface area contributed by atoms with Crippen molar-refractivity contribution < 1.29 is 13.6 Å². The fourth-order valence-corrected chi connectivity index (χ4v) is 2.09. The number of benzene rings is 1. The van der Waals surface area contributed by atoms with Gasteiger partial charge in [0.2, 0.25) is 0 Å². The van der Waals surface area contributed by atoms with Crippen molar-refractivity contribution in [2.75, 3.05) is 0 Å². The summed E-state index contributed by atoms with van der Waals surface area (Å²) in [5.74, 6) is -0.645. The maximum Gasteiger partial charge on any atom is 0.315 e. The molecule has 0 atom stereocenters. The Morgan fingerprint density at radius 1 is 1.16 bits per heavy atom. The van der Waals surface area contributed by atoms with Crippen LogP contribution in [0.25, 0.3) is 0 Å². The van der Waals surface area contributed by atoms with E-state index in [1.54, 1.807) is 0 Å². The zero-order valence-corrected chi connectivity index (χ0v) is 10.5. The molecular formula is C14H16F2N2O. The molecule has 0 aliphatic heterocycles. The summed E-state index contributed by atoms with van der Waals surface area (Å²) < 4.78 is 27.6. The summed E-state index contributed by atoms with van der Waals surface area (Å²) in [4.78, 5) is 11.4. The lowest BCUT2D eigenvalue weighted by atomic mass is 10.1. The van der Waals surface area contributed by atoms with Crippen molar-refractivity contribution in [3.05, 3.63) is 34.9 Å². The van der Waals surface area contributed by atoms with E-state index in [2.05, 4.69) is 10.6 Å². The van der Waals surface area contributed by atoms with Crippen LogP contribution in [0.15, 0.2) is 12.1 Å². The van der Waals surface area contributed by atoms with Gasteiger partial charge in [0.1, 0.15) is 11.6 Å². The van der Waals surface area contributed by atoms with Crippen LogP contribution in [0.4, 0.5) is 13.6 Å². The molecule has 0 bridgehead atoms. The first-order valence-electron chi connectivity index (χ1n) is 6.65. The molecule has 0 heterocycles. The SMILES string of the molecule is O=C(NCc1cc(F)c(C2CC2)cc1F)NC1CC1. The van der Waals surface area contributed by atoms with Gasteiger partial charge in [0, 0.05) is 18.2 Å². The van der Waals surface area contributed by atoms with E-state index in [-0.39, 0.29) is 35.9 Å². The van der Waals surface area contributed by atoms with Crippen molar-refractivity contribution in [2.45, 2.75) is 44.2 Å². The highest BCUT2D eigenvalue weighted by Gasteiger charge is 2.28. The number of hydrogen-bond donors (Lipinski definition) is 2. The summed E-state index contributed by atoms with van der Waals surface area (Å²) in [6.45, 7) is 0.00620. The van der Waals surface area contributed by atoms with Crippen LogP contribution in [0.3, 0.4) is 0 Å². The lowest BCUT2D eigenvalue weighted by Crippen LogP contribution is -2.36. The average molecular weight is 266 g/mol. The minimum atomic E-state index is -0.449. The van der Waals surface area contributed by atoms with E-state index in [0.29, 0.717) is 5.56 Å². The molecule has 2 fully saturated rings. The standard InChI is InChI=1S/C14H16F2N2O/c15-12-6-11(8-1-2-8)13(16)5-9(12)7-17-14(19)18-10-3-4-10/h5-6,8,10H,1-4,7H2,(H2,17,18,19). The van der Waals surface area contributed by atoms with E-state index in [4.69, 9.17) is 0 Å². The number of carbonyl (C=O) groups is 1. The Morgan fingerprint density at radius 3 is 2.53 bits per heavy atom. The van der Waals surface area contributed by atoms with Crippen molar-refractivity contribution in [1.29, 1.82) is 0 Å². The predicted octanol–water partition coefficient (Wildman–Crippen LogP) is 2.80. The van der Waals surface area contributed by atoms with Crippen LogP contribution in [0.2, 0.25) is 0 Å². The van der Waals surface area contributed by atoms with E-state index < -0.39 is 5.82 Å². The lowest BCUT2D eigenvalue weighted by molar-refractivity contribution is 0.240. The Morgan fingerprint density at radius 2 is 1.89 bits per heavy atom. The van der Waals surface area contributed by atoms with E-state index >= 15 is 0 Å². The molecular weight excluding hydrogens is 250 g/mol. The van der Waals surface area contributed by atoms with Crippen LogP contribution in [0.1, 0.15) is 42.7 Å². The maximum atomic E-state index is 13.8. The third kappa shape index (κ3) is 3.03. The molecule has 0 spiro atoms. The van der Waals surface area contributed by atoms with Gasteiger partial charge >= 0.3 is 6.03 Å². The first kappa shape index (κ1) is 12.4. The quantitative estimate of drug-likeness (QED) is 0.864. The van der Waals surface area contributed by atoms with Gasteiger partial charge in [-0.05, 0) is 49.3 Å². The second-order valence-corrected chi connectivity index (χ2v) is 5.34. The highest BCUT2D eigenvalue weighted by Crippen LogP contribution is 2.41. The highest BCUT2D eigenvalue weighted by atomic mass is 19.1. The predicted molar refractivity (Wildman–Crippen MR) is 66.7 cm³/mol. The smallest absolute Gasteiger partial charge is 0.315 e.